The Kier molecular flexibility index (Phi) is 11.4. The predicted molar refractivity (Wildman–Crippen MR) is 114 cm³/mol. The first-order valence-electron chi connectivity index (χ1n) is 9.47. The van der Waals surface area contributed by atoms with Crippen LogP contribution in [0.1, 0.15) is 76.2 Å². The minimum atomic E-state index is -0.862. The fraction of sp³-hybridized carbons (Fsp3) is 0.947. The lowest BCUT2D eigenvalue weighted by molar-refractivity contribution is -0.117. The van der Waals surface area contributed by atoms with Crippen molar-refractivity contribution in [2.24, 2.45) is 5.41 Å². The van der Waals surface area contributed by atoms with Gasteiger partial charge in [0.25, 0.3) is 0 Å². The summed E-state index contributed by atoms with van der Waals surface area (Å²) < 4.78 is 11.4. The molecule has 0 aliphatic rings. The molecule has 0 aromatic rings. The molecule has 0 radical (unpaired) electrons. The van der Waals surface area contributed by atoms with Gasteiger partial charge in [0.15, 0.2) is 13.6 Å². The van der Waals surface area contributed by atoms with E-state index in [9.17, 15) is 4.79 Å². The van der Waals surface area contributed by atoms with Crippen LogP contribution in [0.4, 0.5) is 0 Å². The molecule has 0 saturated heterocycles. The number of rotatable bonds is 10. The first-order valence-corrected chi connectivity index (χ1v) is 11.6. The van der Waals surface area contributed by atoms with E-state index in [1.165, 1.54) is 11.8 Å². The van der Waals surface area contributed by atoms with Crippen molar-refractivity contribution in [1.29, 1.82) is 0 Å². The second-order valence-corrected chi connectivity index (χ2v) is 11.4. The van der Waals surface area contributed by atoms with E-state index in [4.69, 9.17) is 4.52 Å². The molecule has 0 atom stereocenters. The number of hydrogen-bond donors (Lipinski definition) is 0. The Morgan fingerprint density at radius 2 is 1.24 bits per heavy atom. The van der Waals surface area contributed by atoms with E-state index in [0.717, 1.165) is 0 Å². The summed E-state index contributed by atoms with van der Waals surface area (Å²) in [6, 6.07) is 1.65. The molecule has 0 aliphatic carbocycles. The summed E-state index contributed by atoms with van der Waals surface area (Å²) in [6.45, 7) is 24.4. The largest absolute Gasteiger partial charge is 0.330 e. The Bertz CT molecular complexity index is 359. The van der Waals surface area contributed by atoms with E-state index in [1.807, 2.05) is 20.8 Å². The van der Waals surface area contributed by atoms with Gasteiger partial charge in [0.2, 0.25) is 0 Å². The molecule has 0 amide bonds. The van der Waals surface area contributed by atoms with Crippen LogP contribution in [0.5, 0.6) is 0 Å². The minimum Gasteiger partial charge on any atom is -0.330 e. The molecule has 0 aromatic heterocycles. The summed E-state index contributed by atoms with van der Waals surface area (Å²) in [5.41, 5.74) is -0.292. The van der Waals surface area contributed by atoms with E-state index >= 15 is 0 Å². The highest BCUT2D eigenvalue weighted by molar-refractivity contribution is 8.13. The van der Waals surface area contributed by atoms with Crippen LogP contribution in [0.15, 0.2) is 0 Å². The maximum absolute atomic E-state index is 12.1. The summed E-state index contributed by atoms with van der Waals surface area (Å²) in [5, 5.41) is 0.231. The molecule has 4 nitrogen and oxygen atoms in total. The van der Waals surface area contributed by atoms with Gasteiger partial charge in [-0.25, -0.2) is 9.34 Å². The maximum Gasteiger partial charge on any atom is 0.194 e. The summed E-state index contributed by atoms with van der Waals surface area (Å²) in [7, 11) is -0.862. The van der Waals surface area contributed by atoms with Gasteiger partial charge >= 0.3 is 0 Å². The van der Waals surface area contributed by atoms with Crippen LogP contribution in [0.25, 0.3) is 0 Å². The quantitative estimate of drug-likeness (QED) is 0.348. The van der Waals surface area contributed by atoms with E-state index in [-0.39, 0.29) is 10.5 Å². The lowest BCUT2D eigenvalue weighted by Gasteiger charge is -2.45. The predicted octanol–water partition coefficient (Wildman–Crippen LogP) is 5.77. The Labute approximate surface area is 162 Å². The molecular formula is C19H41N2O2PS. The molecule has 0 saturated carbocycles. The third kappa shape index (κ3) is 8.71. The van der Waals surface area contributed by atoms with Crippen molar-refractivity contribution in [3.8, 4) is 0 Å². The molecule has 0 N–H and O–H groups in total. The zero-order valence-electron chi connectivity index (χ0n) is 18.3. The molecule has 0 aromatic carbocycles. The monoisotopic (exact) mass is 392 g/mol. The summed E-state index contributed by atoms with van der Waals surface area (Å²) >= 11 is 1.39. The first-order chi connectivity index (χ1) is 11.3. The minimum absolute atomic E-state index is 0.231. The molecule has 0 fully saturated rings. The molecule has 0 bridgehead atoms. The van der Waals surface area contributed by atoms with E-state index in [1.54, 1.807) is 0 Å². The second-order valence-electron chi connectivity index (χ2n) is 8.61. The molecule has 0 rings (SSSR count). The van der Waals surface area contributed by atoms with E-state index in [2.05, 4.69) is 64.7 Å². The van der Waals surface area contributed by atoms with Crippen LogP contribution in [-0.4, -0.2) is 51.0 Å². The lowest BCUT2D eigenvalue weighted by atomic mass is 10.00. The van der Waals surface area contributed by atoms with Crippen LogP contribution in [0, 0.1) is 5.41 Å². The number of thioether (sulfide) groups is 1. The fourth-order valence-corrected chi connectivity index (χ4v) is 5.95. The number of carbonyl (C=O) groups is 1. The van der Waals surface area contributed by atoms with Crippen LogP contribution >= 0.6 is 20.2 Å². The standard InChI is InChI=1S/C19H41N2O2PS/c1-14(2)20(15(3)4)24(21(16(5)6)17(7)8)23-12-13-25-18(22)19(9,10)11/h14-17H,12-13H2,1-11H3. The third-order valence-corrected chi connectivity index (χ3v) is 7.94. The molecule has 6 heteroatoms. The lowest BCUT2D eigenvalue weighted by Crippen LogP contribution is -2.43. The van der Waals surface area contributed by atoms with E-state index in [0.29, 0.717) is 36.5 Å². The van der Waals surface area contributed by atoms with Gasteiger partial charge in [0.05, 0.1) is 6.61 Å². The summed E-state index contributed by atoms with van der Waals surface area (Å²) in [5.74, 6) is 0.711. The van der Waals surface area contributed by atoms with Gasteiger partial charge in [-0.05, 0) is 55.4 Å². The molecular weight excluding hydrogens is 351 g/mol. The second kappa shape index (κ2) is 11.2. The van der Waals surface area contributed by atoms with Gasteiger partial charge < -0.3 is 4.52 Å². The SMILES string of the molecule is CC(C)N(C(C)C)P(OCCSC(=O)C(C)(C)C)N(C(C)C)C(C)C. The van der Waals surface area contributed by atoms with Crippen molar-refractivity contribution >= 4 is 25.3 Å². The highest BCUT2D eigenvalue weighted by Gasteiger charge is 2.34. The normalized spacial score (nSPS) is 13.5. The Balaban J connectivity index is 5.11. The van der Waals surface area contributed by atoms with Crippen molar-refractivity contribution < 1.29 is 9.32 Å². The highest BCUT2D eigenvalue weighted by Crippen LogP contribution is 2.50. The number of carbonyl (C=O) groups excluding carboxylic acids is 1. The van der Waals surface area contributed by atoms with Crippen LogP contribution in [-0.2, 0) is 9.32 Å². The van der Waals surface area contributed by atoms with Crippen molar-refractivity contribution in [2.45, 2.75) is 100 Å². The van der Waals surface area contributed by atoms with Gasteiger partial charge in [-0.15, -0.1) is 0 Å². The molecule has 0 unspecified atom stereocenters. The van der Waals surface area contributed by atoms with Crippen molar-refractivity contribution in [1.82, 2.24) is 9.34 Å². The average molecular weight is 393 g/mol. The molecule has 150 valence electrons. The first kappa shape index (κ1) is 25.3. The van der Waals surface area contributed by atoms with Crippen molar-refractivity contribution in [3.05, 3.63) is 0 Å². The summed E-state index contributed by atoms with van der Waals surface area (Å²) in [6.07, 6.45) is 0. The van der Waals surface area contributed by atoms with Gasteiger partial charge in [-0.2, -0.15) is 0 Å². The van der Waals surface area contributed by atoms with Crippen molar-refractivity contribution in [2.75, 3.05) is 12.4 Å². The Hall–Kier alpha value is 0.330. The van der Waals surface area contributed by atoms with Crippen LogP contribution in [0.2, 0.25) is 0 Å². The topological polar surface area (TPSA) is 32.8 Å². The average Bonchev–Trinajstić information content (AvgIpc) is 2.40. The third-order valence-electron chi connectivity index (χ3n) is 3.65. The number of hydrogen-bond acceptors (Lipinski definition) is 5. The fourth-order valence-electron chi connectivity index (χ4n) is 2.71. The number of nitrogens with zero attached hydrogens (tertiary/aromatic N) is 2. The van der Waals surface area contributed by atoms with Crippen LogP contribution < -0.4 is 0 Å². The molecule has 0 heterocycles. The Morgan fingerprint density at radius 1 is 0.880 bits per heavy atom. The van der Waals surface area contributed by atoms with Gasteiger partial charge in [-0.1, -0.05) is 32.5 Å². The highest BCUT2D eigenvalue weighted by atomic mass is 32.2. The molecule has 25 heavy (non-hydrogen) atoms. The zero-order valence-corrected chi connectivity index (χ0v) is 20.0. The molecule has 0 aliphatic heterocycles. The van der Waals surface area contributed by atoms with Crippen LogP contribution in [0.3, 0.4) is 0 Å². The maximum atomic E-state index is 12.1. The molecule has 0 spiro atoms. The summed E-state index contributed by atoms with van der Waals surface area (Å²) in [4.78, 5) is 12.1. The van der Waals surface area contributed by atoms with Gasteiger partial charge in [0.1, 0.15) is 0 Å². The Morgan fingerprint density at radius 3 is 1.52 bits per heavy atom. The zero-order chi connectivity index (χ0) is 19.9. The smallest absolute Gasteiger partial charge is 0.194 e. The van der Waals surface area contributed by atoms with E-state index < -0.39 is 8.45 Å². The van der Waals surface area contributed by atoms with Gasteiger partial charge in [-0.3, -0.25) is 4.79 Å². The van der Waals surface area contributed by atoms with Crippen molar-refractivity contribution in [3.63, 3.8) is 0 Å². The van der Waals surface area contributed by atoms with Gasteiger partial charge in [0, 0.05) is 35.3 Å².